The van der Waals surface area contributed by atoms with Gasteiger partial charge in [-0.15, -0.1) is 10.2 Å². The summed E-state index contributed by atoms with van der Waals surface area (Å²) in [5, 5.41) is 12.4. The van der Waals surface area contributed by atoms with Gasteiger partial charge in [-0.1, -0.05) is 24.6 Å². The fourth-order valence-corrected chi connectivity index (χ4v) is 3.50. The fraction of sp³-hybridized carbons (Fsp3) is 0.364. The molecule has 0 aromatic carbocycles. The zero-order valence-corrected chi connectivity index (χ0v) is 18.1. The standard InChI is InChI=1S/C22H26N8/c1-6-29(7-2)18-12-11-16(15(5)24-18)25-20-19(14(3)4)28-30-21(26-27-22(20)30)17-10-8-9-13-23-17/h8-14H,6-7H2,1-5H3/p+1. The van der Waals surface area contributed by atoms with Crippen LogP contribution in [-0.2, 0) is 0 Å². The quantitative estimate of drug-likeness (QED) is 0.640. The molecule has 4 heterocycles. The van der Waals surface area contributed by atoms with Gasteiger partial charge < -0.3 is 4.90 Å². The average molecular weight is 404 g/mol. The maximum absolute atomic E-state index is 4.95. The summed E-state index contributed by atoms with van der Waals surface area (Å²) in [5.41, 5.74) is 4.18. The number of H-pyrrole nitrogens is 1. The number of nitrogens with zero attached hydrogens (tertiary/aromatic N) is 7. The van der Waals surface area contributed by atoms with Crippen LogP contribution in [0.5, 0.6) is 0 Å². The molecule has 0 fully saturated rings. The van der Waals surface area contributed by atoms with Gasteiger partial charge in [-0.25, -0.2) is 15.0 Å². The molecule has 0 saturated carbocycles. The largest absolute Gasteiger partial charge is 0.357 e. The highest BCUT2D eigenvalue weighted by atomic mass is 15.5. The smallest absolute Gasteiger partial charge is 0.351 e. The van der Waals surface area contributed by atoms with Crippen molar-refractivity contribution in [3.63, 3.8) is 0 Å². The van der Waals surface area contributed by atoms with Crippen molar-refractivity contribution in [1.82, 2.24) is 20.2 Å². The first-order chi connectivity index (χ1) is 14.5. The molecule has 0 radical (unpaired) electrons. The number of rotatable bonds is 6. The third-order valence-corrected chi connectivity index (χ3v) is 5.16. The maximum atomic E-state index is 4.95. The summed E-state index contributed by atoms with van der Waals surface area (Å²) < 4.78 is 1.80. The highest BCUT2D eigenvalue weighted by molar-refractivity contribution is 6.48. The Labute approximate surface area is 176 Å². The Hall–Kier alpha value is -3.42. The number of fused-ring (bicyclic) bond motifs is 1. The second kappa shape index (κ2) is 8.14. The van der Waals surface area contributed by atoms with Crippen LogP contribution in [0.4, 0.5) is 11.5 Å². The van der Waals surface area contributed by atoms with Crippen molar-refractivity contribution >= 4 is 22.9 Å². The van der Waals surface area contributed by atoms with Crippen LogP contribution in [0.25, 0.3) is 11.5 Å². The monoisotopic (exact) mass is 403 g/mol. The number of aromatic nitrogens is 5. The third kappa shape index (κ3) is 3.49. The van der Waals surface area contributed by atoms with Crippen LogP contribution in [-0.4, -0.2) is 44.7 Å². The van der Waals surface area contributed by atoms with Gasteiger partial charge in [0.25, 0.3) is 0 Å². The summed E-state index contributed by atoms with van der Waals surface area (Å²) in [6.45, 7) is 12.3. The van der Waals surface area contributed by atoms with E-state index in [4.69, 9.17) is 15.1 Å². The Balaban J connectivity index is 1.78. The molecule has 3 aromatic heterocycles. The Kier molecular flexibility index (Phi) is 5.39. The highest BCUT2D eigenvalue weighted by Crippen LogP contribution is 2.24. The summed E-state index contributed by atoms with van der Waals surface area (Å²) in [7, 11) is 0. The minimum Gasteiger partial charge on any atom is -0.357 e. The Morgan fingerprint density at radius 1 is 1.13 bits per heavy atom. The van der Waals surface area contributed by atoms with Crippen molar-refractivity contribution in [3.05, 3.63) is 48.0 Å². The predicted molar refractivity (Wildman–Crippen MR) is 118 cm³/mol. The van der Waals surface area contributed by atoms with Gasteiger partial charge in [-0.2, -0.15) is 0 Å². The number of pyridine rings is 2. The summed E-state index contributed by atoms with van der Waals surface area (Å²) in [6, 6.07) is 9.80. The number of aliphatic imine (C=N–C) groups is 1. The van der Waals surface area contributed by atoms with Crippen molar-refractivity contribution < 1.29 is 4.68 Å². The van der Waals surface area contributed by atoms with Crippen LogP contribution in [0.3, 0.4) is 0 Å². The molecule has 0 bridgehead atoms. The van der Waals surface area contributed by atoms with Crippen molar-refractivity contribution in [1.29, 1.82) is 0 Å². The summed E-state index contributed by atoms with van der Waals surface area (Å²) >= 11 is 0. The molecule has 0 spiro atoms. The van der Waals surface area contributed by atoms with Crippen molar-refractivity contribution in [3.8, 4) is 11.5 Å². The molecule has 1 N–H and O–H groups in total. The Morgan fingerprint density at radius 3 is 2.57 bits per heavy atom. The van der Waals surface area contributed by atoms with Gasteiger partial charge in [-0.3, -0.25) is 0 Å². The molecule has 4 rings (SSSR count). The molecular weight excluding hydrogens is 376 g/mol. The van der Waals surface area contributed by atoms with Crippen molar-refractivity contribution in [2.45, 2.75) is 34.6 Å². The lowest BCUT2D eigenvalue weighted by Gasteiger charge is -2.20. The molecule has 154 valence electrons. The molecule has 8 nitrogen and oxygen atoms in total. The van der Waals surface area contributed by atoms with E-state index in [9.17, 15) is 0 Å². The molecule has 0 unspecified atom stereocenters. The van der Waals surface area contributed by atoms with E-state index in [0.29, 0.717) is 5.82 Å². The van der Waals surface area contributed by atoms with Crippen molar-refractivity contribution in [2.24, 2.45) is 16.0 Å². The molecule has 0 amide bonds. The van der Waals surface area contributed by atoms with Gasteiger partial charge in [0.05, 0.1) is 11.4 Å². The lowest BCUT2D eigenvalue weighted by atomic mass is 10.0. The van der Waals surface area contributed by atoms with E-state index in [1.807, 2.05) is 37.3 Å². The highest BCUT2D eigenvalue weighted by Gasteiger charge is 2.36. The second-order valence-corrected chi connectivity index (χ2v) is 7.47. The van der Waals surface area contributed by atoms with E-state index < -0.39 is 0 Å². The van der Waals surface area contributed by atoms with E-state index in [2.05, 4.69) is 47.8 Å². The maximum Gasteiger partial charge on any atom is 0.351 e. The molecule has 30 heavy (non-hydrogen) atoms. The summed E-state index contributed by atoms with van der Waals surface area (Å²) in [5.74, 6) is 2.60. The van der Waals surface area contributed by atoms with Crippen LogP contribution in [0.1, 0.15) is 39.2 Å². The van der Waals surface area contributed by atoms with Crippen LogP contribution in [0.2, 0.25) is 0 Å². The molecule has 3 aromatic rings. The zero-order chi connectivity index (χ0) is 21.3. The average Bonchev–Trinajstić information content (AvgIpc) is 3.31. The predicted octanol–water partition coefficient (Wildman–Crippen LogP) is 3.30. The molecule has 1 aliphatic heterocycles. The molecule has 0 aliphatic carbocycles. The van der Waals surface area contributed by atoms with Gasteiger partial charge in [0.2, 0.25) is 0 Å². The molecule has 0 atom stereocenters. The topological polar surface area (TPSA) is 86.3 Å². The van der Waals surface area contributed by atoms with Crippen molar-refractivity contribution in [2.75, 3.05) is 18.0 Å². The number of hydrogen-bond donors (Lipinski definition) is 1. The van der Waals surface area contributed by atoms with Crippen LogP contribution in [0, 0.1) is 12.8 Å². The van der Waals surface area contributed by atoms with E-state index in [-0.39, 0.29) is 5.92 Å². The van der Waals surface area contributed by atoms with Crippen LogP contribution < -0.4 is 9.58 Å². The number of nitrogens with one attached hydrogen (secondary N) is 1. The zero-order valence-electron chi connectivity index (χ0n) is 18.1. The molecule has 0 saturated heterocycles. The van der Waals surface area contributed by atoms with Gasteiger partial charge in [-0.05, 0) is 45.0 Å². The normalized spacial score (nSPS) is 14.3. The third-order valence-electron chi connectivity index (χ3n) is 5.16. The second-order valence-electron chi connectivity index (χ2n) is 7.47. The van der Waals surface area contributed by atoms with E-state index in [1.165, 1.54) is 0 Å². The first kappa shape index (κ1) is 19.9. The number of anilines is 1. The van der Waals surface area contributed by atoms with Gasteiger partial charge in [0, 0.05) is 30.3 Å². The number of aromatic amines is 1. The van der Waals surface area contributed by atoms with Gasteiger partial charge in [0.1, 0.15) is 17.2 Å². The van der Waals surface area contributed by atoms with E-state index in [1.54, 1.807) is 10.9 Å². The number of hydrogen-bond acceptors (Lipinski definition) is 6. The first-order valence-corrected chi connectivity index (χ1v) is 10.4. The Morgan fingerprint density at radius 2 is 1.93 bits per heavy atom. The lowest BCUT2D eigenvalue weighted by molar-refractivity contribution is -0.666. The number of aryl methyl sites for hydroxylation is 1. The van der Waals surface area contributed by atoms with Crippen LogP contribution >= 0.6 is 0 Å². The fourth-order valence-electron chi connectivity index (χ4n) is 3.50. The van der Waals surface area contributed by atoms with E-state index in [0.717, 1.165) is 53.2 Å². The van der Waals surface area contributed by atoms with Crippen LogP contribution in [0.15, 0.2) is 46.6 Å². The summed E-state index contributed by atoms with van der Waals surface area (Å²) in [4.78, 5) is 16.4. The molecule has 8 heteroatoms. The SMILES string of the molecule is CCN(CC)c1ccc(N=C2C(C(C)C)=N[n+]3c(-c4ccccn4)n[nH]c32)c(C)n1. The van der Waals surface area contributed by atoms with E-state index >= 15 is 0 Å². The summed E-state index contributed by atoms with van der Waals surface area (Å²) in [6.07, 6.45) is 1.75. The van der Waals surface area contributed by atoms with Gasteiger partial charge >= 0.3 is 11.6 Å². The lowest BCUT2D eigenvalue weighted by Crippen LogP contribution is -2.30. The molecular formula is C22H27N8+. The first-order valence-electron chi connectivity index (χ1n) is 10.4. The minimum absolute atomic E-state index is 0.205. The molecule has 1 aliphatic rings. The minimum atomic E-state index is 0.205. The van der Waals surface area contributed by atoms with Gasteiger partial charge in [0.15, 0.2) is 5.71 Å². The Bertz CT molecular complexity index is 1110.